The van der Waals surface area contributed by atoms with Crippen LogP contribution in [-0.4, -0.2) is 33.6 Å². The van der Waals surface area contributed by atoms with Gasteiger partial charge in [-0.25, -0.2) is 4.39 Å². The number of pyridine rings is 1. The number of hydrogen-bond donors (Lipinski definition) is 1. The number of anilines is 2. The van der Waals surface area contributed by atoms with Crippen molar-refractivity contribution in [2.24, 2.45) is 5.92 Å². The number of aromatic nitrogens is 3. The molecule has 1 aliphatic rings. The van der Waals surface area contributed by atoms with E-state index in [9.17, 15) is 9.18 Å². The molecule has 1 saturated heterocycles. The van der Waals surface area contributed by atoms with Crippen molar-refractivity contribution in [3.05, 3.63) is 53.4 Å². The van der Waals surface area contributed by atoms with Gasteiger partial charge in [-0.2, -0.15) is 0 Å². The van der Waals surface area contributed by atoms with Crippen LogP contribution in [0.15, 0.2) is 42.6 Å². The molecule has 0 saturated carbocycles. The first-order chi connectivity index (χ1) is 12.6. The highest BCUT2D eigenvalue weighted by atomic mass is 35.5. The van der Waals surface area contributed by atoms with Crippen molar-refractivity contribution in [1.82, 2.24) is 14.6 Å². The molecule has 1 fully saturated rings. The van der Waals surface area contributed by atoms with E-state index in [1.54, 1.807) is 24.4 Å². The number of nitrogens with one attached hydrogen (secondary N) is 1. The van der Waals surface area contributed by atoms with E-state index in [2.05, 4.69) is 20.4 Å². The summed E-state index contributed by atoms with van der Waals surface area (Å²) in [4.78, 5) is 14.6. The van der Waals surface area contributed by atoms with Crippen molar-refractivity contribution in [3.8, 4) is 0 Å². The Morgan fingerprint density at radius 3 is 2.81 bits per heavy atom. The van der Waals surface area contributed by atoms with E-state index in [-0.39, 0.29) is 17.6 Å². The second-order valence-electron chi connectivity index (χ2n) is 6.36. The summed E-state index contributed by atoms with van der Waals surface area (Å²) in [6.45, 7) is 1.34. The fourth-order valence-corrected chi connectivity index (χ4v) is 3.38. The molecule has 26 heavy (non-hydrogen) atoms. The molecule has 0 radical (unpaired) electrons. The summed E-state index contributed by atoms with van der Waals surface area (Å²) in [6, 6.07) is 9.35. The van der Waals surface area contributed by atoms with Crippen molar-refractivity contribution >= 4 is 34.8 Å². The second-order valence-corrected chi connectivity index (χ2v) is 6.79. The molecule has 2 aromatic heterocycles. The van der Waals surface area contributed by atoms with Gasteiger partial charge in [-0.3, -0.25) is 9.20 Å². The van der Waals surface area contributed by atoms with Crippen molar-refractivity contribution < 1.29 is 9.18 Å². The summed E-state index contributed by atoms with van der Waals surface area (Å²) in [5.74, 6) is 0.0967. The van der Waals surface area contributed by atoms with E-state index >= 15 is 0 Å². The predicted molar refractivity (Wildman–Crippen MR) is 98.0 cm³/mol. The number of benzene rings is 1. The molecule has 1 aromatic carbocycles. The molecule has 0 aliphatic carbocycles. The Morgan fingerprint density at radius 1 is 1.19 bits per heavy atom. The minimum absolute atomic E-state index is 0.0758. The Bertz CT molecular complexity index is 942. The number of piperidine rings is 1. The summed E-state index contributed by atoms with van der Waals surface area (Å²) in [5, 5.41) is 11.9. The summed E-state index contributed by atoms with van der Waals surface area (Å²) in [6.07, 6.45) is 3.44. The number of carbonyl (C=O) groups is 1. The molecule has 0 spiro atoms. The van der Waals surface area contributed by atoms with Gasteiger partial charge in [0.1, 0.15) is 5.82 Å². The molecule has 1 atom stereocenters. The second kappa shape index (κ2) is 6.92. The standard InChI is InChI=1S/C18H17ClFN5O/c19-13-3-8-16-22-23-18(25(16)11-13)24-9-1-2-12(10-24)17(26)21-15-6-4-14(20)5-7-15/h3-8,11-12H,1-2,9-10H2,(H,21,26)/t12-/m0/s1. The van der Waals surface area contributed by atoms with E-state index in [1.807, 2.05) is 10.5 Å². The number of rotatable bonds is 3. The number of fused-ring (bicyclic) bond motifs is 1. The van der Waals surface area contributed by atoms with Gasteiger partial charge in [-0.1, -0.05) is 11.6 Å². The summed E-state index contributed by atoms with van der Waals surface area (Å²) >= 11 is 6.08. The Kier molecular flexibility index (Phi) is 4.46. The highest BCUT2D eigenvalue weighted by Crippen LogP contribution is 2.24. The van der Waals surface area contributed by atoms with E-state index in [4.69, 9.17) is 11.6 Å². The number of carbonyl (C=O) groups excluding carboxylic acids is 1. The Hall–Kier alpha value is -2.67. The molecule has 1 aliphatic heterocycles. The lowest BCUT2D eigenvalue weighted by atomic mass is 9.97. The Morgan fingerprint density at radius 2 is 2.00 bits per heavy atom. The van der Waals surface area contributed by atoms with E-state index in [0.717, 1.165) is 19.4 Å². The third-order valence-electron chi connectivity index (χ3n) is 4.54. The van der Waals surface area contributed by atoms with E-state index in [0.29, 0.717) is 28.9 Å². The molecule has 0 unspecified atom stereocenters. The summed E-state index contributed by atoms with van der Waals surface area (Å²) < 4.78 is 14.8. The van der Waals surface area contributed by atoms with Gasteiger partial charge < -0.3 is 10.2 Å². The first-order valence-electron chi connectivity index (χ1n) is 8.42. The number of nitrogens with zero attached hydrogens (tertiary/aromatic N) is 4. The molecule has 4 rings (SSSR count). The first kappa shape index (κ1) is 16.8. The van der Waals surface area contributed by atoms with Crippen LogP contribution in [0.1, 0.15) is 12.8 Å². The molecule has 1 N–H and O–H groups in total. The zero-order chi connectivity index (χ0) is 18.1. The van der Waals surface area contributed by atoms with Gasteiger partial charge in [0.2, 0.25) is 11.9 Å². The van der Waals surface area contributed by atoms with Gasteiger partial charge in [0.15, 0.2) is 5.65 Å². The molecule has 134 valence electrons. The maximum atomic E-state index is 13.0. The van der Waals surface area contributed by atoms with Crippen LogP contribution >= 0.6 is 11.6 Å². The Labute approximate surface area is 154 Å². The molecule has 3 heterocycles. The minimum Gasteiger partial charge on any atom is -0.340 e. The lowest BCUT2D eigenvalue weighted by Crippen LogP contribution is -2.41. The van der Waals surface area contributed by atoms with Crippen LogP contribution in [0.2, 0.25) is 5.02 Å². The van der Waals surface area contributed by atoms with Gasteiger partial charge >= 0.3 is 0 Å². The normalized spacial score (nSPS) is 17.5. The molecule has 6 nitrogen and oxygen atoms in total. The molecule has 0 bridgehead atoms. The largest absolute Gasteiger partial charge is 0.340 e. The third kappa shape index (κ3) is 3.35. The number of hydrogen-bond acceptors (Lipinski definition) is 4. The summed E-state index contributed by atoms with van der Waals surface area (Å²) in [7, 11) is 0. The van der Waals surface area contributed by atoms with Crippen LogP contribution in [0, 0.1) is 11.7 Å². The SMILES string of the molecule is O=C(Nc1ccc(F)cc1)[C@H]1CCCN(c2nnc3ccc(Cl)cn23)C1. The van der Waals surface area contributed by atoms with E-state index in [1.165, 1.54) is 12.1 Å². The van der Waals surface area contributed by atoms with Gasteiger partial charge in [0, 0.05) is 25.0 Å². The van der Waals surface area contributed by atoms with Gasteiger partial charge in [0.25, 0.3) is 0 Å². The topological polar surface area (TPSA) is 62.5 Å². The highest BCUT2D eigenvalue weighted by molar-refractivity contribution is 6.30. The van der Waals surface area contributed by atoms with Crippen LogP contribution in [0.25, 0.3) is 5.65 Å². The van der Waals surface area contributed by atoms with Crippen LogP contribution in [0.5, 0.6) is 0 Å². The fourth-order valence-electron chi connectivity index (χ4n) is 3.22. The molecule has 8 heteroatoms. The fraction of sp³-hybridized carbons (Fsp3) is 0.278. The zero-order valence-corrected chi connectivity index (χ0v) is 14.7. The lowest BCUT2D eigenvalue weighted by molar-refractivity contribution is -0.120. The monoisotopic (exact) mass is 373 g/mol. The van der Waals surface area contributed by atoms with Crippen LogP contribution in [0.3, 0.4) is 0 Å². The van der Waals surface area contributed by atoms with Gasteiger partial charge in [-0.15, -0.1) is 10.2 Å². The van der Waals surface area contributed by atoms with Crippen molar-refractivity contribution in [2.75, 3.05) is 23.3 Å². The zero-order valence-electron chi connectivity index (χ0n) is 13.9. The smallest absolute Gasteiger partial charge is 0.231 e. The van der Waals surface area contributed by atoms with Crippen molar-refractivity contribution in [1.29, 1.82) is 0 Å². The molecule has 1 amide bonds. The summed E-state index contributed by atoms with van der Waals surface area (Å²) in [5.41, 5.74) is 1.30. The third-order valence-corrected chi connectivity index (χ3v) is 4.76. The Balaban J connectivity index is 1.50. The van der Waals surface area contributed by atoms with Crippen molar-refractivity contribution in [2.45, 2.75) is 12.8 Å². The molecule has 3 aromatic rings. The maximum Gasteiger partial charge on any atom is 0.231 e. The number of amides is 1. The predicted octanol–water partition coefficient (Wildman–Crippen LogP) is 3.38. The van der Waals surface area contributed by atoms with Gasteiger partial charge in [-0.05, 0) is 49.2 Å². The molecular weight excluding hydrogens is 357 g/mol. The van der Waals surface area contributed by atoms with Crippen LogP contribution in [0.4, 0.5) is 16.0 Å². The quantitative estimate of drug-likeness (QED) is 0.764. The first-order valence-corrected chi connectivity index (χ1v) is 8.79. The van der Waals surface area contributed by atoms with Gasteiger partial charge in [0.05, 0.1) is 10.9 Å². The lowest BCUT2D eigenvalue weighted by Gasteiger charge is -2.32. The average Bonchev–Trinajstić information content (AvgIpc) is 3.06. The number of halogens is 2. The average molecular weight is 374 g/mol. The van der Waals surface area contributed by atoms with E-state index < -0.39 is 0 Å². The maximum absolute atomic E-state index is 13.0. The minimum atomic E-state index is -0.329. The van der Waals surface area contributed by atoms with Crippen LogP contribution < -0.4 is 10.2 Å². The highest BCUT2D eigenvalue weighted by Gasteiger charge is 2.28. The van der Waals surface area contributed by atoms with Crippen molar-refractivity contribution in [3.63, 3.8) is 0 Å². The molecular formula is C18H17ClFN5O. The van der Waals surface area contributed by atoms with Crippen LogP contribution in [-0.2, 0) is 4.79 Å².